The highest BCUT2D eigenvalue weighted by Gasteiger charge is 2.35. The Kier molecular flexibility index (Phi) is 7.55. The Labute approximate surface area is 237 Å². The highest BCUT2D eigenvalue weighted by atomic mass is 35.5. The third-order valence-corrected chi connectivity index (χ3v) is 8.42. The average Bonchev–Trinajstić information content (AvgIpc) is 3.39. The molecule has 6 rings (SSSR count). The van der Waals surface area contributed by atoms with Crippen LogP contribution in [0.2, 0.25) is 5.02 Å². The van der Waals surface area contributed by atoms with E-state index in [-0.39, 0.29) is 18.7 Å². The standard InChI is InChI=1S/C29H33ClFN5O4/c1-18-15-35(24(37)14-31)12-13-36(18)27-26-28(33-29(32-27)39-16-20-8-5-11-34(20)2)40-23(17-38-26)21-9-3-6-19-7-4-10-22(30)25(19)21/h3-4,6-7,9-10,18,20,23H,5,8,11-17H2,1-2H3/t18-,20?,23?/m0/s1. The van der Waals surface area contributed by atoms with Gasteiger partial charge in [0.05, 0.1) is 0 Å². The first-order valence-electron chi connectivity index (χ1n) is 13.7. The molecule has 2 fully saturated rings. The largest absolute Gasteiger partial charge is 0.481 e. The van der Waals surface area contributed by atoms with E-state index < -0.39 is 18.7 Å². The molecule has 0 bridgehead atoms. The SMILES string of the molecule is C[C@H]1CN(C(=O)CF)CCN1c1nc(OCC2CCCN2C)nc2c1OCC(c1cccc3cccc(Cl)c13)O2. The molecule has 212 valence electrons. The van der Waals surface area contributed by atoms with Gasteiger partial charge in [-0.1, -0.05) is 41.9 Å². The Balaban J connectivity index is 1.33. The number of alkyl halides is 1. The lowest BCUT2D eigenvalue weighted by molar-refractivity contribution is -0.132. The monoisotopic (exact) mass is 569 g/mol. The van der Waals surface area contributed by atoms with E-state index in [9.17, 15) is 9.18 Å². The number of likely N-dealkylation sites (N-methyl/N-ethyl adjacent to an activating group) is 1. The summed E-state index contributed by atoms with van der Waals surface area (Å²) in [6, 6.07) is 12.2. The van der Waals surface area contributed by atoms with Crippen LogP contribution in [-0.2, 0) is 4.79 Å². The van der Waals surface area contributed by atoms with Gasteiger partial charge in [-0.2, -0.15) is 9.97 Å². The summed E-state index contributed by atoms with van der Waals surface area (Å²) in [5.74, 6) is 0.783. The van der Waals surface area contributed by atoms with Crippen molar-refractivity contribution in [1.29, 1.82) is 0 Å². The Bertz CT molecular complexity index is 1410. The summed E-state index contributed by atoms with van der Waals surface area (Å²) in [5.41, 5.74) is 0.913. The third kappa shape index (κ3) is 5.10. The van der Waals surface area contributed by atoms with Gasteiger partial charge >= 0.3 is 6.01 Å². The van der Waals surface area contributed by atoms with Gasteiger partial charge in [0.1, 0.15) is 13.2 Å². The molecule has 11 heteroatoms. The number of nitrogens with zero attached hydrogens (tertiary/aromatic N) is 5. The molecule has 1 amide bonds. The maximum Gasteiger partial charge on any atom is 0.322 e. The first-order valence-corrected chi connectivity index (χ1v) is 14.1. The first kappa shape index (κ1) is 26.8. The van der Waals surface area contributed by atoms with Crippen LogP contribution < -0.4 is 19.1 Å². The number of piperazine rings is 1. The second-order valence-corrected chi connectivity index (χ2v) is 11.1. The van der Waals surface area contributed by atoms with Gasteiger partial charge in [0.2, 0.25) is 5.75 Å². The molecule has 3 aliphatic rings. The molecule has 0 spiro atoms. The third-order valence-electron chi connectivity index (χ3n) is 8.10. The fraction of sp³-hybridized carbons (Fsp3) is 0.483. The quantitative estimate of drug-likeness (QED) is 0.435. The van der Waals surface area contributed by atoms with Gasteiger partial charge in [-0.25, -0.2) is 4.39 Å². The van der Waals surface area contributed by atoms with Crippen molar-refractivity contribution in [2.75, 3.05) is 58.0 Å². The number of likely N-dealkylation sites (tertiary alicyclic amines) is 1. The lowest BCUT2D eigenvalue weighted by atomic mass is 10.00. The number of ether oxygens (including phenoxy) is 3. The Morgan fingerprint density at radius 1 is 1.18 bits per heavy atom. The zero-order chi connectivity index (χ0) is 27.8. The number of fused-ring (bicyclic) bond motifs is 2. The molecule has 3 aromatic rings. The Morgan fingerprint density at radius 3 is 2.75 bits per heavy atom. The van der Waals surface area contributed by atoms with Gasteiger partial charge in [-0.15, -0.1) is 0 Å². The Hall–Kier alpha value is -3.37. The normalized spacial score (nSPS) is 23.1. The minimum atomic E-state index is -1.00. The van der Waals surface area contributed by atoms with E-state index >= 15 is 0 Å². The summed E-state index contributed by atoms with van der Waals surface area (Å²) in [6.07, 6.45) is 1.75. The van der Waals surface area contributed by atoms with Crippen LogP contribution in [0.3, 0.4) is 0 Å². The highest BCUT2D eigenvalue weighted by Crippen LogP contribution is 2.44. The lowest BCUT2D eigenvalue weighted by Crippen LogP contribution is -2.54. The van der Waals surface area contributed by atoms with Crippen LogP contribution in [0.25, 0.3) is 10.8 Å². The zero-order valence-corrected chi connectivity index (χ0v) is 23.4. The zero-order valence-electron chi connectivity index (χ0n) is 22.7. The topological polar surface area (TPSA) is 80.3 Å². The number of aromatic nitrogens is 2. The van der Waals surface area contributed by atoms with Gasteiger partial charge in [-0.3, -0.25) is 4.79 Å². The van der Waals surface area contributed by atoms with E-state index in [1.165, 1.54) is 0 Å². The van der Waals surface area contributed by atoms with Crippen LogP contribution in [0, 0.1) is 0 Å². The highest BCUT2D eigenvalue weighted by molar-refractivity contribution is 6.35. The molecule has 3 atom stereocenters. The summed E-state index contributed by atoms with van der Waals surface area (Å²) in [6.45, 7) is 3.95. The molecule has 2 aromatic carbocycles. The summed E-state index contributed by atoms with van der Waals surface area (Å²) in [5, 5.41) is 2.58. The molecule has 4 heterocycles. The summed E-state index contributed by atoms with van der Waals surface area (Å²) >= 11 is 6.61. The fourth-order valence-electron chi connectivity index (χ4n) is 5.88. The van der Waals surface area contributed by atoms with Crippen molar-refractivity contribution >= 4 is 34.1 Å². The number of anilines is 1. The van der Waals surface area contributed by atoms with Gasteiger partial charge in [0, 0.05) is 47.7 Å². The van der Waals surface area contributed by atoms with Crippen LogP contribution in [0.5, 0.6) is 17.6 Å². The molecule has 3 aliphatic heterocycles. The molecule has 0 saturated carbocycles. The molecule has 2 unspecified atom stereocenters. The Morgan fingerprint density at radius 2 is 2.00 bits per heavy atom. The molecule has 9 nitrogen and oxygen atoms in total. The van der Waals surface area contributed by atoms with Crippen molar-refractivity contribution in [3.8, 4) is 17.6 Å². The number of halogens is 2. The van der Waals surface area contributed by atoms with E-state index in [0.29, 0.717) is 54.8 Å². The summed E-state index contributed by atoms with van der Waals surface area (Å²) in [7, 11) is 2.09. The minimum Gasteiger partial charge on any atom is -0.481 e. The van der Waals surface area contributed by atoms with Crippen molar-refractivity contribution in [1.82, 2.24) is 19.8 Å². The molecule has 0 radical (unpaired) electrons. The van der Waals surface area contributed by atoms with E-state index in [0.717, 1.165) is 35.7 Å². The number of carbonyl (C=O) groups is 1. The minimum absolute atomic E-state index is 0.129. The molecule has 1 aromatic heterocycles. The number of carbonyl (C=O) groups excluding carboxylic acids is 1. The second-order valence-electron chi connectivity index (χ2n) is 10.7. The van der Waals surface area contributed by atoms with Gasteiger partial charge in [0.25, 0.3) is 11.8 Å². The average molecular weight is 570 g/mol. The summed E-state index contributed by atoms with van der Waals surface area (Å²) in [4.78, 5) is 27.3. The van der Waals surface area contributed by atoms with Gasteiger partial charge in [0.15, 0.2) is 18.6 Å². The number of hydrogen-bond acceptors (Lipinski definition) is 8. The number of rotatable bonds is 6. The smallest absolute Gasteiger partial charge is 0.322 e. The molecular formula is C29H33ClFN5O4. The second kappa shape index (κ2) is 11.2. The van der Waals surface area contributed by atoms with Crippen molar-refractivity contribution in [3.05, 3.63) is 47.0 Å². The van der Waals surface area contributed by atoms with Gasteiger partial charge in [-0.05, 0) is 44.8 Å². The number of amides is 1. The molecular weight excluding hydrogens is 537 g/mol. The summed E-state index contributed by atoms with van der Waals surface area (Å²) < 4.78 is 32.0. The molecule has 0 N–H and O–H groups in total. The van der Waals surface area contributed by atoms with Crippen LogP contribution >= 0.6 is 11.6 Å². The van der Waals surface area contributed by atoms with Crippen LogP contribution in [0.4, 0.5) is 10.2 Å². The van der Waals surface area contributed by atoms with Crippen LogP contribution in [-0.4, -0.2) is 90.9 Å². The number of hydrogen-bond donors (Lipinski definition) is 0. The molecule has 40 heavy (non-hydrogen) atoms. The van der Waals surface area contributed by atoms with Gasteiger partial charge < -0.3 is 28.9 Å². The maximum absolute atomic E-state index is 13.0. The molecule has 2 saturated heterocycles. The van der Waals surface area contributed by atoms with E-state index in [1.807, 2.05) is 43.3 Å². The van der Waals surface area contributed by atoms with Crippen molar-refractivity contribution in [2.45, 2.75) is 38.0 Å². The lowest BCUT2D eigenvalue weighted by Gasteiger charge is -2.41. The number of benzene rings is 2. The van der Waals surface area contributed by atoms with E-state index in [1.54, 1.807) is 4.90 Å². The first-order chi connectivity index (χ1) is 19.4. The molecule has 0 aliphatic carbocycles. The van der Waals surface area contributed by atoms with Crippen molar-refractivity contribution < 1.29 is 23.4 Å². The predicted octanol–water partition coefficient (Wildman–Crippen LogP) is 4.28. The van der Waals surface area contributed by atoms with Crippen LogP contribution in [0.15, 0.2) is 36.4 Å². The van der Waals surface area contributed by atoms with Crippen molar-refractivity contribution in [2.24, 2.45) is 0 Å². The van der Waals surface area contributed by atoms with Crippen molar-refractivity contribution in [3.63, 3.8) is 0 Å². The van der Waals surface area contributed by atoms with E-state index in [2.05, 4.69) is 21.8 Å². The maximum atomic E-state index is 13.0. The van der Waals surface area contributed by atoms with E-state index in [4.69, 9.17) is 30.8 Å². The fourth-order valence-corrected chi connectivity index (χ4v) is 6.17. The predicted molar refractivity (Wildman–Crippen MR) is 150 cm³/mol. The van der Waals surface area contributed by atoms with Crippen LogP contribution in [0.1, 0.15) is 31.4 Å².